The van der Waals surface area contributed by atoms with Crippen LogP contribution < -0.4 is 10.5 Å². The molecular weight excluding hydrogens is 262 g/mol. The van der Waals surface area contributed by atoms with E-state index in [1.54, 1.807) is 49.6 Å². The summed E-state index contributed by atoms with van der Waals surface area (Å²) in [6.45, 7) is 0. The number of hydrogen-bond donors (Lipinski definition) is 1. The Labute approximate surface area is 117 Å². The second-order valence-electron chi connectivity index (χ2n) is 4.14. The number of ketones is 1. The monoisotopic (exact) mass is 275 g/mol. The van der Waals surface area contributed by atoms with Crippen LogP contribution in [-0.2, 0) is 6.42 Å². The van der Waals surface area contributed by atoms with Crippen LogP contribution in [-0.4, -0.2) is 12.9 Å². The van der Waals surface area contributed by atoms with Crippen LogP contribution in [0, 0.1) is 0 Å². The van der Waals surface area contributed by atoms with Crippen molar-refractivity contribution in [3.63, 3.8) is 0 Å². The van der Waals surface area contributed by atoms with Crippen LogP contribution in [0.2, 0.25) is 5.02 Å². The van der Waals surface area contributed by atoms with E-state index in [1.807, 2.05) is 0 Å². The molecule has 0 unspecified atom stereocenters. The zero-order valence-electron chi connectivity index (χ0n) is 10.5. The summed E-state index contributed by atoms with van der Waals surface area (Å²) in [7, 11) is 1.56. The number of anilines is 1. The first-order valence-corrected chi connectivity index (χ1v) is 6.19. The van der Waals surface area contributed by atoms with E-state index in [2.05, 4.69) is 0 Å². The van der Waals surface area contributed by atoms with Crippen LogP contribution in [0.3, 0.4) is 0 Å². The van der Waals surface area contributed by atoms with Gasteiger partial charge in [-0.25, -0.2) is 0 Å². The van der Waals surface area contributed by atoms with Crippen molar-refractivity contribution >= 4 is 23.1 Å². The van der Waals surface area contributed by atoms with Crippen molar-refractivity contribution in [2.75, 3.05) is 12.8 Å². The summed E-state index contributed by atoms with van der Waals surface area (Å²) in [5.41, 5.74) is 7.55. The lowest BCUT2D eigenvalue weighted by molar-refractivity contribution is 0.0993. The summed E-state index contributed by atoms with van der Waals surface area (Å²) >= 11 is 5.94. The predicted molar refractivity (Wildman–Crippen MR) is 76.9 cm³/mol. The molecule has 2 rings (SSSR count). The Morgan fingerprint density at radius 1 is 1.26 bits per heavy atom. The number of nitrogens with two attached hydrogens (primary N) is 1. The highest BCUT2D eigenvalue weighted by Crippen LogP contribution is 2.25. The van der Waals surface area contributed by atoms with E-state index in [0.29, 0.717) is 22.0 Å². The SMILES string of the molecule is COc1ccc(Cl)cc1CC(=O)c1ccccc1N. The molecule has 0 radical (unpaired) electrons. The number of benzene rings is 2. The lowest BCUT2D eigenvalue weighted by Crippen LogP contribution is -2.07. The fraction of sp³-hybridized carbons (Fsp3) is 0.133. The van der Waals surface area contributed by atoms with E-state index in [1.165, 1.54) is 0 Å². The first kappa shape index (κ1) is 13.4. The smallest absolute Gasteiger partial charge is 0.169 e. The third-order valence-electron chi connectivity index (χ3n) is 2.85. The number of Topliss-reactive ketones (excluding diaryl/α,β-unsaturated/α-hetero) is 1. The molecule has 2 aromatic carbocycles. The van der Waals surface area contributed by atoms with Crippen molar-refractivity contribution in [3.05, 3.63) is 58.6 Å². The largest absolute Gasteiger partial charge is 0.496 e. The minimum atomic E-state index is -0.0568. The fourth-order valence-corrected chi connectivity index (χ4v) is 2.10. The van der Waals surface area contributed by atoms with Gasteiger partial charge in [0.1, 0.15) is 5.75 Å². The molecule has 0 aliphatic carbocycles. The van der Waals surface area contributed by atoms with Gasteiger partial charge in [0.15, 0.2) is 5.78 Å². The Morgan fingerprint density at radius 2 is 2.00 bits per heavy atom. The highest BCUT2D eigenvalue weighted by Gasteiger charge is 2.13. The van der Waals surface area contributed by atoms with Gasteiger partial charge >= 0.3 is 0 Å². The molecule has 0 aliphatic heterocycles. The van der Waals surface area contributed by atoms with E-state index in [-0.39, 0.29) is 12.2 Å². The lowest BCUT2D eigenvalue weighted by Gasteiger charge is -2.09. The van der Waals surface area contributed by atoms with Crippen molar-refractivity contribution in [1.82, 2.24) is 0 Å². The molecule has 2 N–H and O–H groups in total. The van der Waals surface area contributed by atoms with Gasteiger partial charge in [-0.3, -0.25) is 4.79 Å². The molecule has 0 atom stereocenters. The van der Waals surface area contributed by atoms with Crippen LogP contribution in [0.25, 0.3) is 0 Å². The molecule has 4 heteroatoms. The molecule has 98 valence electrons. The highest BCUT2D eigenvalue weighted by atomic mass is 35.5. The van der Waals surface area contributed by atoms with Crippen molar-refractivity contribution < 1.29 is 9.53 Å². The standard InChI is InChI=1S/C15H14ClNO2/c1-19-15-7-6-11(16)8-10(15)9-14(18)12-4-2-3-5-13(12)17/h2-8H,9,17H2,1H3. The number of nitrogen functional groups attached to an aromatic ring is 1. The van der Waals surface area contributed by atoms with Crippen molar-refractivity contribution in [1.29, 1.82) is 0 Å². The van der Waals surface area contributed by atoms with Gasteiger partial charge in [-0.1, -0.05) is 23.7 Å². The minimum Gasteiger partial charge on any atom is -0.496 e. The maximum atomic E-state index is 12.2. The first-order valence-electron chi connectivity index (χ1n) is 5.82. The van der Waals surface area contributed by atoms with Gasteiger partial charge in [0.2, 0.25) is 0 Å². The molecule has 0 saturated heterocycles. The van der Waals surface area contributed by atoms with E-state index >= 15 is 0 Å². The summed E-state index contributed by atoms with van der Waals surface area (Å²) in [6.07, 6.45) is 0.206. The molecule has 2 aromatic rings. The van der Waals surface area contributed by atoms with Crippen LogP contribution in [0.1, 0.15) is 15.9 Å². The molecule has 0 saturated carbocycles. The summed E-state index contributed by atoms with van der Waals surface area (Å²) in [5.74, 6) is 0.589. The summed E-state index contributed by atoms with van der Waals surface area (Å²) < 4.78 is 5.23. The number of para-hydroxylation sites is 1. The molecular formula is C15H14ClNO2. The maximum Gasteiger partial charge on any atom is 0.169 e. The number of halogens is 1. The van der Waals surface area contributed by atoms with E-state index in [9.17, 15) is 4.79 Å². The third kappa shape index (κ3) is 3.06. The van der Waals surface area contributed by atoms with Crippen molar-refractivity contribution in [3.8, 4) is 5.75 Å². The number of methoxy groups -OCH3 is 1. The first-order chi connectivity index (χ1) is 9.11. The van der Waals surface area contributed by atoms with Gasteiger partial charge < -0.3 is 10.5 Å². The summed E-state index contributed by atoms with van der Waals surface area (Å²) in [6, 6.07) is 12.2. The van der Waals surface area contributed by atoms with Gasteiger partial charge in [0.25, 0.3) is 0 Å². The Bertz CT molecular complexity index is 611. The Hall–Kier alpha value is -2.00. The topological polar surface area (TPSA) is 52.3 Å². The van der Waals surface area contributed by atoms with Gasteiger partial charge in [0.05, 0.1) is 7.11 Å². The average Bonchev–Trinajstić information content (AvgIpc) is 2.39. The third-order valence-corrected chi connectivity index (χ3v) is 3.09. The van der Waals surface area contributed by atoms with Gasteiger partial charge in [0, 0.05) is 28.3 Å². The quantitative estimate of drug-likeness (QED) is 0.688. The van der Waals surface area contributed by atoms with Crippen LogP contribution >= 0.6 is 11.6 Å². The van der Waals surface area contributed by atoms with E-state index < -0.39 is 0 Å². The number of rotatable bonds is 4. The zero-order chi connectivity index (χ0) is 13.8. The molecule has 0 spiro atoms. The molecule has 0 heterocycles. The Kier molecular flexibility index (Phi) is 4.07. The molecule has 0 aliphatic rings. The maximum absolute atomic E-state index is 12.2. The highest BCUT2D eigenvalue weighted by molar-refractivity contribution is 6.30. The Morgan fingerprint density at radius 3 is 2.68 bits per heavy atom. The van der Waals surface area contributed by atoms with Crippen LogP contribution in [0.5, 0.6) is 5.75 Å². The van der Waals surface area contributed by atoms with Gasteiger partial charge in [-0.2, -0.15) is 0 Å². The summed E-state index contributed by atoms with van der Waals surface area (Å²) in [5, 5.41) is 0.574. The number of carbonyl (C=O) groups is 1. The Balaban J connectivity index is 2.29. The molecule has 19 heavy (non-hydrogen) atoms. The second-order valence-corrected chi connectivity index (χ2v) is 4.58. The van der Waals surface area contributed by atoms with Crippen LogP contribution in [0.4, 0.5) is 5.69 Å². The normalized spacial score (nSPS) is 10.2. The molecule has 0 fully saturated rings. The number of hydrogen-bond acceptors (Lipinski definition) is 3. The van der Waals surface area contributed by atoms with E-state index in [4.69, 9.17) is 22.1 Å². The van der Waals surface area contributed by atoms with Crippen molar-refractivity contribution in [2.24, 2.45) is 0 Å². The molecule has 0 amide bonds. The molecule has 0 aromatic heterocycles. The average molecular weight is 276 g/mol. The fourth-order valence-electron chi connectivity index (χ4n) is 1.90. The zero-order valence-corrected chi connectivity index (χ0v) is 11.3. The van der Waals surface area contributed by atoms with E-state index in [0.717, 1.165) is 5.56 Å². The predicted octanol–water partition coefficient (Wildman–Crippen LogP) is 3.36. The van der Waals surface area contributed by atoms with Crippen molar-refractivity contribution in [2.45, 2.75) is 6.42 Å². The minimum absolute atomic E-state index is 0.0568. The lowest BCUT2D eigenvalue weighted by atomic mass is 10.0. The number of ether oxygens (including phenoxy) is 1. The van der Waals surface area contributed by atoms with Crippen LogP contribution in [0.15, 0.2) is 42.5 Å². The summed E-state index contributed by atoms with van der Waals surface area (Å²) in [4.78, 5) is 12.2. The second kappa shape index (κ2) is 5.76. The number of carbonyl (C=O) groups excluding carboxylic acids is 1. The molecule has 0 bridgehead atoms. The van der Waals surface area contributed by atoms with Gasteiger partial charge in [-0.15, -0.1) is 0 Å². The molecule has 3 nitrogen and oxygen atoms in total. The van der Waals surface area contributed by atoms with Gasteiger partial charge in [-0.05, 0) is 30.3 Å².